The number of aliphatic carboxylic acids is 1. The number of benzene rings is 1. The van der Waals surface area contributed by atoms with Gasteiger partial charge in [-0.2, -0.15) is 0 Å². The lowest BCUT2D eigenvalue weighted by atomic mass is 9.90. The molecule has 0 amide bonds. The van der Waals surface area contributed by atoms with E-state index in [-0.39, 0.29) is 30.0 Å². The Labute approximate surface area is 136 Å². The summed E-state index contributed by atoms with van der Waals surface area (Å²) < 4.78 is 13.4. The molecule has 3 unspecified atom stereocenters. The zero-order chi connectivity index (χ0) is 16.8. The number of nitrogens with zero attached hydrogens (tertiary/aromatic N) is 1. The first-order chi connectivity index (χ1) is 11.0. The summed E-state index contributed by atoms with van der Waals surface area (Å²) in [7, 11) is 0. The highest BCUT2D eigenvalue weighted by Gasteiger charge is 2.33. The highest BCUT2D eigenvalue weighted by atomic mass is 19.1. The monoisotopic (exact) mass is 321 g/mol. The Bertz CT molecular complexity index is 549. The van der Waals surface area contributed by atoms with Gasteiger partial charge in [0.25, 0.3) is 0 Å². The van der Waals surface area contributed by atoms with Crippen molar-refractivity contribution in [1.82, 2.24) is 4.90 Å². The molecule has 1 saturated heterocycles. The number of carbonyl (C=O) groups is 2. The van der Waals surface area contributed by atoms with E-state index in [0.717, 1.165) is 37.8 Å². The van der Waals surface area contributed by atoms with Gasteiger partial charge in [-0.15, -0.1) is 0 Å². The van der Waals surface area contributed by atoms with Gasteiger partial charge in [-0.1, -0.05) is 25.5 Å². The average Bonchev–Trinajstić information content (AvgIpc) is 2.94. The molecule has 2 rings (SSSR count). The van der Waals surface area contributed by atoms with Gasteiger partial charge in [-0.25, -0.2) is 4.39 Å². The number of carbonyl (C=O) groups excluding carboxylic acids is 1. The quantitative estimate of drug-likeness (QED) is 0.748. The number of aldehydes is 1. The molecule has 126 valence electrons. The maximum atomic E-state index is 13.4. The fourth-order valence-corrected chi connectivity index (χ4v) is 3.39. The van der Waals surface area contributed by atoms with Crippen LogP contribution in [-0.4, -0.2) is 41.9 Å². The summed E-state index contributed by atoms with van der Waals surface area (Å²) in [5.41, 5.74) is 0.863. The van der Waals surface area contributed by atoms with Crippen molar-refractivity contribution in [2.45, 2.75) is 32.1 Å². The van der Waals surface area contributed by atoms with E-state index in [9.17, 15) is 14.0 Å². The van der Waals surface area contributed by atoms with E-state index in [1.165, 1.54) is 12.1 Å². The van der Waals surface area contributed by atoms with Gasteiger partial charge in [0, 0.05) is 31.3 Å². The summed E-state index contributed by atoms with van der Waals surface area (Å²) in [6.07, 6.45) is 2.80. The second-order valence-electron chi connectivity index (χ2n) is 6.38. The smallest absolute Gasteiger partial charge is 0.303 e. The van der Waals surface area contributed by atoms with Crippen molar-refractivity contribution in [3.8, 4) is 0 Å². The molecule has 1 heterocycles. The highest BCUT2D eigenvalue weighted by Crippen LogP contribution is 2.32. The van der Waals surface area contributed by atoms with Crippen molar-refractivity contribution in [3.63, 3.8) is 0 Å². The Morgan fingerprint density at radius 3 is 2.87 bits per heavy atom. The predicted molar refractivity (Wildman–Crippen MR) is 85.8 cm³/mol. The number of halogens is 1. The molecular weight excluding hydrogens is 297 g/mol. The van der Waals surface area contributed by atoms with Crippen LogP contribution in [0.2, 0.25) is 0 Å². The summed E-state index contributed by atoms with van der Waals surface area (Å²) in [6.45, 7) is 4.16. The zero-order valence-corrected chi connectivity index (χ0v) is 13.5. The molecule has 23 heavy (non-hydrogen) atoms. The van der Waals surface area contributed by atoms with Crippen molar-refractivity contribution >= 4 is 12.3 Å². The van der Waals surface area contributed by atoms with E-state index in [1.54, 1.807) is 6.07 Å². The summed E-state index contributed by atoms with van der Waals surface area (Å²) in [6, 6.07) is 6.45. The van der Waals surface area contributed by atoms with E-state index in [1.807, 2.05) is 13.0 Å². The number of hydrogen-bond donors (Lipinski definition) is 1. The van der Waals surface area contributed by atoms with Crippen LogP contribution in [0, 0.1) is 17.7 Å². The normalized spacial score (nSPS) is 22.9. The minimum atomic E-state index is -0.762. The van der Waals surface area contributed by atoms with Crippen LogP contribution in [0.1, 0.15) is 37.7 Å². The molecule has 0 spiro atoms. The van der Waals surface area contributed by atoms with Gasteiger partial charge < -0.3 is 14.8 Å². The fourth-order valence-electron chi connectivity index (χ4n) is 3.39. The Hall–Kier alpha value is -1.75. The molecule has 0 saturated carbocycles. The van der Waals surface area contributed by atoms with E-state index < -0.39 is 5.97 Å². The van der Waals surface area contributed by atoms with Gasteiger partial charge in [0.1, 0.15) is 12.1 Å². The van der Waals surface area contributed by atoms with Gasteiger partial charge >= 0.3 is 5.97 Å². The van der Waals surface area contributed by atoms with E-state index in [2.05, 4.69) is 4.90 Å². The van der Waals surface area contributed by atoms with Crippen molar-refractivity contribution in [1.29, 1.82) is 0 Å². The average molecular weight is 321 g/mol. The van der Waals surface area contributed by atoms with Gasteiger partial charge in [0.05, 0.1) is 0 Å². The number of rotatable bonds is 8. The first-order valence-corrected chi connectivity index (χ1v) is 8.18. The first-order valence-electron chi connectivity index (χ1n) is 8.18. The Balaban J connectivity index is 1.96. The SMILES string of the molecule is CCC(CCN1CC(C=O)C(c2cccc(F)c2)C1)CC(=O)O. The molecule has 1 N–H and O–H groups in total. The molecule has 1 fully saturated rings. The molecule has 0 bridgehead atoms. The van der Waals surface area contributed by atoms with Crippen molar-refractivity contribution in [2.75, 3.05) is 19.6 Å². The lowest BCUT2D eigenvalue weighted by Crippen LogP contribution is -2.24. The van der Waals surface area contributed by atoms with Gasteiger partial charge in [0.2, 0.25) is 0 Å². The van der Waals surface area contributed by atoms with Crippen LogP contribution < -0.4 is 0 Å². The molecule has 0 aliphatic carbocycles. The van der Waals surface area contributed by atoms with Crippen LogP contribution in [0.4, 0.5) is 4.39 Å². The Morgan fingerprint density at radius 1 is 1.48 bits per heavy atom. The molecule has 1 aromatic carbocycles. The molecule has 3 atom stereocenters. The third-order valence-corrected chi connectivity index (χ3v) is 4.79. The van der Waals surface area contributed by atoms with Crippen LogP contribution in [0.3, 0.4) is 0 Å². The van der Waals surface area contributed by atoms with E-state index >= 15 is 0 Å². The molecular formula is C18H24FNO3. The topological polar surface area (TPSA) is 57.6 Å². The maximum Gasteiger partial charge on any atom is 0.303 e. The first kappa shape index (κ1) is 17.6. The van der Waals surface area contributed by atoms with Gasteiger partial charge in [0.15, 0.2) is 0 Å². The Morgan fingerprint density at radius 2 is 2.26 bits per heavy atom. The number of carboxylic acids is 1. The summed E-state index contributed by atoms with van der Waals surface area (Å²) >= 11 is 0. The summed E-state index contributed by atoms with van der Waals surface area (Å²) in [4.78, 5) is 24.4. The van der Waals surface area contributed by atoms with Crippen molar-refractivity contribution < 1.29 is 19.1 Å². The molecule has 1 aliphatic heterocycles. The minimum absolute atomic E-state index is 0.0164. The third kappa shape index (κ3) is 4.86. The van der Waals surface area contributed by atoms with Gasteiger partial charge in [-0.05, 0) is 36.6 Å². The zero-order valence-electron chi connectivity index (χ0n) is 13.5. The Kier molecular flexibility index (Phi) is 6.28. The van der Waals surface area contributed by atoms with E-state index in [0.29, 0.717) is 6.54 Å². The highest BCUT2D eigenvalue weighted by molar-refractivity contribution is 5.67. The van der Waals surface area contributed by atoms with Crippen molar-refractivity contribution in [2.24, 2.45) is 11.8 Å². The van der Waals surface area contributed by atoms with Crippen LogP contribution in [-0.2, 0) is 9.59 Å². The molecule has 1 aliphatic rings. The largest absolute Gasteiger partial charge is 0.481 e. The molecule has 0 radical (unpaired) electrons. The second-order valence-corrected chi connectivity index (χ2v) is 6.38. The molecule has 4 nitrogen and oxygen atoms in total. The number of carboxylic acid groups (broad SMARTS) is 1. The summed E-state index contributed by atoms with van der Waals surface area (Å²) in [5.74, 6) is -0.991. The number of hydrogen-bond acceptors (Lipinski definition) is 3. The van der Waals surface area contributed by atoms with E-state index in [4.69, 9.17) is 5.11 Å². The van der Waals surface area contributed by atoms with Crippen molar-refractivity contribution in [3.05, 3.63) is 35.6 Å². The number of likely N-dealkylation sites (tertiary alicyclic amines) is 1. The van der Waals surface area contributed by atoms with Crippen LogP contribution in [0.25, 0.3) is 0 Å². The molecule has 1 aromatic rings. The third-order valence-electron chi connectivity index (χ3n) is 4.79. The van der Waals surface area contributed by atoms with Crippen LogP contribution >= 0.6 is 0 Å². The summed E-state index contributed by atoms with van der Waals surface area (Å²) in [5, 5.41) is 8.91. The second kappa shape index (κ2) is 8.20. The van der Waals surface area contributed by atoms with Crippen LogP contribution in [0.5, 0.6) is 0 Å². The lowest BCUT2D eigenvalue weighted by molar-refractivity contribution is -0.138. The minimum Gasteiger partial charge on any atom is -0.481 e. The molecule has 5 heteroatoms. The standard InChI is InChI=1S/C18H24FNO3/c1-2-13(8-18(22)23)6-7-20-10-15(12-21)17(11-20)14-4-3-5-16(19)9-14/h3-5,9,12-13,15,17H,2,6-8,10-11H2,1H3,(H,22,23). The van der Waals surface area contributed by atoms with Gasteiger partial charge in [-0.3, -0.25) is 4.79 Å². The van der Waals surface area contributed by atoms with Crippen LogP contribution in [0.15, 0.2) is 24.3 Å². The fraction of sp³-hybridized carbons (Fsp3) is 0.556. The molecule has 0 aromatic heterocycles. The maximum absolute atomic E-state index is 13.4. The predicted octanol–water partition coefficient (Wildman–Crippen LogP) is 2.93. The lowest BCUT2D eigenvalue weighted by Gasteiger charge is -2.19.